The summed E-state index contributed by atoms with van der Waals surface area (Å²) in [6, 6.07) is 16.0. The van der Waals surface area contributed by atoms with Gasteiger partial charge >= 0.3 is 0 Å². The minimum atomic E-state index is -0.181. The predicted molar refractivity (Wildman–Crippen MR) is 174 cm³/mol. The van der Waals surface area contributed by atoms with Gasteiger partial charge in [0.05, 0.1) is 18.4 Å². The standard InChI is InChI=1S/C33H32N8OS/c42-32-29(38-27-6-3-12-34-19-27)16-24-18-37-33(39-26-9-7-23(8-10-26)30-20-36-14-15-43-30)40-31(24)41(32)21-25-17-35-13-11-28(25)22-4-1-2-5-22/h3-4,6-13,16-19,30,36,38H,1-2,5,14-15,20-21H2,(H,37,39,40). The fourth-order valence-electron chi connectivity index (χ4n) is 5.69. The quantitative estimate of drug-likeness (QED) is 0.199. The number of nitrogens with zero attached hydrogens (tertiary/aromatic N) is 5. The van der Waals surface area contributed by atoms with Crippen LogP contribution in [0.5, 0.6) is 0 Å². The molecule has 43 heavy (non-hydrogen) atoms. The molecule has 5 heterocycles. The summed E-state index contributed by atoms with van der Waals surface area (Å²) in [5.74, 6) is 1.55. The number of thioether (sulfide) groups is 1. The Morgan fingerprint density at radius 3 is 2.70 bits per heavy atom. The molecule has 1 saturated heterocycles. The molecule has 0 saturated carbocycles. The molecule has 4 aromatic heterocycles. The Hall–Kier alpha value is -4.54. The molecular formula is C33H32N8OS. The molecule has 1 aliphatic carbocycles. The van der Waals surface area contributed by atoms with Crippen LogP contribution in [0.3, 0.4) is 0 Å². The summed E-state index contributed by atoms with van der Waals surface area (Å²) >= 11 is 1.98. The van der Waals surface area contributed by atoms with Gasteiger partial charge < -0.3 is 16.0 Å². The van der Waals surface area contributed by atoms with E-state index in [1.54, 1.807) is 29.2 Å². The van der Waals surface area contributed by atoms with Gasteiger partial charge in [0.15, 0.2) is 0 Å². The Balaban J connectivity index is 1.26. The molecule has 0 amide bonds. The first-order valence-corrected chi connectivity index (χ1v) is 15.7. The molecule has 0 spiro atoms. The molecule has 1 aromatic carbocycles. The van der Waals surface area contributed by atoms with E-state index in [1.807, 2.05) is 42.4 Å². The van der Waals surface area contributed by atoms with E-state index in [2.05, 4.69) is 61.2 Å². The Labute approximate surface area is 253 Å². The fraction of sp³-hybridized carbons (Fsp3) is 0.242. The smallest absolute Gasteiger partial charge is 0.276 e. The lowest BCUT2D eigenvalue weighted by Gasteiger charge is -2.22. The minimum Gasteiger partial charge on any atom is -0.350 e. The highest BCUT2D eigenvalue weighted by molar-refractivity contribution is 7.99. The van der Waals surface area contributed by atoms with Crippen LogP contribution >= 0.6 is 11.8 Å². The zero-order valence-corrected chi connectivity index (χ0v) is 24.5. The number of rotatable bonds is 8. The first kappa shape index (κ1) is 27.3. The van der Waals surface area contributed by atoms with E-state index in [0.717, 1.165) is 66.0 Å². The molecule has 3 N–H and O–H groups in total. The van der Waals surface area contributed by atoms with E-state index in [-0.39, 0.29) is 5.56 Å². The van der Waals surface area contributed by atoms with Gasteiger partial charge in [-0.15, -0.1) is 0 Å². The number of allylic oxidation sites excluding steroid dienone is 2. The predicted octanol–water partition coefficient (Wildman–Crippen LogP) is 6.06. The van der Waals surface area contributed by atoms with Gasteiger partial charge in [-0.05, 0) is 77.9 Å². The molecule has 0 bridgehead atoms. The van der Waals surface area contributed by atoms with Crippen molar-refractivity contribution < 1.29 is 0 Å². The number of hydrogen-bond acceptors (Lipinski definition) is 9. The highest BCUT2D eigenvalue weighted by Gasteiger charge is 2.18. The summed E-state index contributed by atoms with van der Waals surface area (Å²) in [6.45, 7) is 2.37. The molecule has 1 aliphatic heterocycles. The van der Waals surface area contributed by atoms with Gasteiger partial charge in [0, 0.05) is 60.0 Å². The molecule has 2 aliphatic rings. The van der Waals surface area contributed by atoms with Crippen LogP contribution in [0.15, 0.2) is 90.4 Å². The third-order valence-electron chi connectivity index (χ3n) is 7.85. The number of anilines is 4. The molecule has 10 heteroatoms. The average molecular weight is 589 g/mol. The van der Waals surface area contributed by atoms with Crippen LogP contribution in [0.25, 0.3) is 16.6 Å². The van der Waals surface area contributed by atoms with Crippen molar-refractivity contribution in [2.75, 3.05) is 29.5 Å². The maximum absolute atomic E-state index is 14.0. The van der Waals surface area contributed by atoms with E-state index in [9.17, 15) is 4.79 Å². The van der Waals surface area contributed by atoms with Gasteiger partial charge in [0.1, 0.15) is 11.3 Å². The largest absolute Gasteiger partial charge is 0.350 e. The second-order valence-corrected chi connectivity index (χ2v) is 12.1. The van der Waals surface area contributed by atoms with Crippen molar-refractivity contribution in [3.05, 3.63) is 113 Å². The van der Waals surface area contributed by atoms with Gasteiger partial charge in [-0.2, -0.15) is 16.7 Å². The molecule has 1 fully saturated rings. The topological polar surface area (TPSA) is 110 Å². The Morgan fingerprint density at radius 1 is 1.00 bits per heavy atom. The van der Waals surface area contributed by atoms with Gasteiger partial charge in [0.25, 0.3) is 5.56 Å². The summed E-state index contributed by atoms with van der Waals surface area (Å²) in [5, 5.41) is 11.3. The van der Waals surface area contributed by atoms with Crippen LogP contribution in [0.2, 0.25) is 0 Å². The third kappa shape index (κ3) is 6.02. The third-order valence-corrected chi connectivity index (χ3v) is 9.13. The van der Waals surface area contributed by atoms with Crippen molar-refractivity contribution in [2.45, 2.75) is 31.1 Å². The number of benzene rings is 1. The minimum absolute atomic E-state index is 0.181. The molecule has 216 valence electrons. The second kappa shape index (κ2) is 12.4. The van der Waals surface area contributed by atoms with Crippen LogP contribution in [-0.2, 0) is 6.54 Å². The summed E-state index contributed by atoms with van der Waals surface area (Å²) in [6.07, 6.45) is 14.4. The van der Waals surface area contributed by atoms with Gasteiger partial charge in [-0.1, -0.05) is 18.2 Å². The monoisotopic (exact) mass is 588 g/mol. The molecular weight excluding hydrogens is 556 g/mol. The fourth-order valence-corrected chi connectivity index (χ4v) is 6.82. The van der Waals surface area contributed by atoms with E-state index in [4.69, 9.17) is 4.98 Å². The molecule has 1 atom stereocenters. The van der Waals surface area contributed by atoms with Crippen molar-refractivity contribution in [3.8, 4) is 0 Å². The van der Waals surface area contributed by atoms with Crippen LogP contribution in [0.4, 0.5) is 23.0 Å². The van der Waals surface area contributed by atoms with Crippen LogP contribution in [0.1, 0.15) is 41.2 Å². The molecule has 5 aromatic rings. The molecule has 9 nitrogen and oxygen atoms in total. The lowest BCUT2D eigenvalue weighted by Crippen LogP contribution is -2.28. The van der Waals surface area contributed by atoms with Gasteiger partial charge in [-0.3, -0.25) is 19.3 Å². The zero-order valence-electron chi connectivity index (χ0n) is 23.7. The average Bonchev–Trinajstić information content (AvgIpc) is 3.60. The first-order chi connectivity index (χ1) is 21.2. The van der Waals surface area contributed by atoms with Crippen LogP contribution in [0, 0.1) is 0 Å². The number of hydrogen-bond donors (Lipinski definition) is 3. The SMILES string of the molecule is O=c1c(Nc2cccnc2)cc2cnc(Nc3ccc(C4CNCCS4)cc3)nc2n1Cc1cnccc1C1=CCCC1. The summed E-state index contributed by atoms with van der Waals surface area (Å²) in [4.78, 5) is 32.1. The van der Waals surface area contributed by atoms with Crippen molar-refractivity contribution in [2.24, 2.45) is 0 Å². The normalized spacial score (nSPS) is 16.7. The zero-order chi connectivity index (χ0) is 29.0. The van der Waals surface area contributed by atoms with Gasteiger partial charge in [-0.25, -0.2) is 4.98 Å². The lowest BCUT2D eigenvalue weighted by molar-refractivity contribution is 0.689. The van der Waals surface area contributed by atoms with Crippen molar-refractivity contribution in [1.82, 2.24) is 29.8 Å². The van der Waals surface area contributed by atoms with Gasteiger partial charge in [0.2, 0.25) is 5.95 Å². The first-order valence-electron chi connectivity index (χ1n) is 14.6. The highest BCUT2D eigenvalue weighted by Crippen LogP contribution is 2.32. The van der Waals surface area contributed by atoms with Crippen LogP contribution in [-0.4, -0.2) is 43.3 Å². The number of fused-ring (bicyclic) bond motifs is 1. The Bertz CT molecular complexity index is 1830. The number of aromatic nitrogens is 5. The summed E-state index contributed by atoms with van der Waals surface area (Å²) in [7, 11) is 0. The van der Waals surface area contributed by atoms with E-state index in [0.29, 0.717) is 29.1 Å². The van der Waals surface area contributed by atoms with E-state index < -0.39 is 0 Å². The Kier molecular flexibility index (Phi) is 7.85. The summed E-state index contributed by atoms with van der Waals surface area (Å²) in [5.41, 5.74) is 7.15. The number of pyridine rings is 3. The van der Waals surface area contributed by atoms with Crippen molar-refractivity contribution >= 4 is 51.4 Å². The van der Waals surface area contributed by atoms with Crippen LogP contribution < -0.4 is 21.5 Å². The molecule has 0 radical (unpaired) electrons. The van der Waals surface area contributed by atoms with Crippen molar-refractivity contribution in [3.63, 3.8) is 0 Å². The summed E-state index contributed by atoms with van der Waals surface area (Å²) < 4.78 is 1.72. The second-order valence-electron chi connectivity index (χ2n) is 10.8. The molecule has 7 rings (SSSR count). The van der Waals surface area contributed by atoms with E-state index in [1.165, 1.54) is 11.1 Å². The van der Waals surface area contributed by atoms with E-state index >= 15 is 0 Å². The maximum Gasteiger partial charge on any atom is 0.276 e. The lowest BCUT2D eigenvalue weighted by atomic mass is 10.0. The Morgan fingerprint density at radius 2 is 1.91 bits per heavy atom. The maximum atomic E-state index is 14.0. The number of nitrogens with one attached hydrogen (secondary N) is 3. The molecule has 1 unspecified atom stereocenters. The van der Waals surface area contributed by atoms with Crippen molar-refractivity contribution in [1.29, 1.82) is 0 Å². The highest BCUT2D eigenvalue weighted by atomic mass is 32.2.